The van der Waals surface area contributed by atoms with Gasteiger partial charge in [0.2, 0.25) is 5.91 Å². The third kappa shape index (κ3) is 6.23. The van der Waals surface area contributed by atoms with Crippen LogP contribution in [0.4, 0.5) is 11.6 Å². The Balaban J connectivity index is 0.00000272. The zero-order valence-corrected chi connectivity index (χ0v) is 18.8. The SMILES string of the molecule is CC(C)C(=O)Nc1ccc(N2CCC(CNC(=O)c3ccc(C(C)C)cn3)CC2)nn1.[HH].[HH]. The summed E-state index contributed by atoms with van der Waals surface area (Å²) < 4.78 is 0. The molecular formula is C23H36N6O2. The number of nitrogens with one attached hydrogen (secondary N) is 2. The van der Waals surface area contributed by atoms with Gasteiger partial charge in [-0.3, -0.25) is 14.6 Å². The maximum atomic E-state index is 12.4. The number of aromatic nitrogens is 3. The molecule has 0 atom stereocenters. The van der Waals surface area contributed by atoms with Crippen molar-refractivity contribution in [2.75, 3.05) is 29.9 Å². The van der Waals surface area contributed by atoms with E-state index in [1.54, 1.807) is 18.3 Å². The van der Waals surface area contributed by atoms with Crippen LogP contribution in [0.5, 0.6) is 0 Å². The highest BCUT2D eigenvalue weighted by molar-refractivity contribution is 5.92. The van der Waals surface area contributed by atoms with Gasteiger partial charge in [-0.25, -0.2) is 0 Å². The number of hydrogen-bond donors (Lipinski definition) is 2. The monoisotopic (exact) mass is 428 g/mol. The van der Waals surface area contributed by atoms with Gasteiger partial charge in [-0.2, -0.15) is 0 Å². The Bertz CT molecular complexity index is 883. The van der Waals surface area contributed by atoms with Crippen LogP contribution in [0.25, 0.3) is 0 Å². The molecule has 0 radical (unpaired) electrons. The lowest BCUT2D eigenvalue weighted by molar-refractivity contribution is -0.118. The van der Waals surface area contributed by atoms with Crippen molar-refractivity contribution in [1.82, 2.24) is 20.5 Å². The summed E-state index contributed by atoms with van der Waals surface area (Å²) >= 11 is 0. The normalized spacial score (nSPS) is 14.7. The largest absolute Gasteiger partial charge is 0.355 e. The van der Waals surface area contributed by atoms with Crippen molar-refractivity contribution >= 4 is 23.5 Å². The van der Waals surface area contributed by atoms with Crippen LogP contribution in [-0.4, -0.2) is 46.6 Å². The summed E-state index contributed by atoms with van der Waals surface area (Å²) in [7, 11) is 0. The molecule has 3 heterocycles. The maximum Gasteiger partial charge on any atom is 0.269 e. The lowest BCUT2D eigenvalue weighted by atomic mass is 9.96. The van der Waals surface area contributed by atoms with Crippen LogP contribution in [0.2, 0.25) is 0 Å². The van der Waals surface area contributed by atoms with E-state index in [1.165, 1.54) is 0 Å². The van der Waals surface area contributed by atoms with Crippen molar-refractivity contribution in [2.24, 2.45) is 11.8 Å². The Morgan fingerprint density at radius 3 is 2.39 bits per heavy atom. The molecule has 31 heavy (non-hydrogen) atoms. The topological polar surface area (TPSA) is 100 Å². The van der Waals surface area contributed by atoms with Crippen LogP contribution in [0, 0.1) is 11.8 Å². The second-order valence-corrected chi connectivity index (χ2v) is 8.69. The fourth-order valence-electron chi connectivity index (χ4n) is 3.41. The fraction of sp³-hybridized carbons (Fsp3) is 0.522. The van der Waals surface area contributed by atoms with Gasteiger partial charge in [0.15, 0.2) is 11.6 Å². The van der Waals surface area contributed by atoms with Crippen LogP contribution < -0.4 is 15.5 Å². The maximum absolute atomic E-state index is 12.4. The molecule has 0 saturated carbocycles. The summed E-state index contributed by atoms with van der Waals surface area (Å²) in [6, 6.07) is 7.43. The first-order valence-corrected chi connectivity index (χ1v) is 11.0. The molecule has 8 nitrogen and oxygen atoms in total. The fourth-order valence-corrected chi connectivity index (χ4v) is 3.41. The van der Waals surface area contributed by atoms with Gasteiger partial charge in [-0.05, 0) is 48.4 Å². The lowest BCUT2D eigenvalue weighted by Crippen LogP contribution is -2.39. The number of pyridine rings is 1. The molecule has 3 rings (SSSR count). The zero-order valence-electron chi connectivity index (χ0n) is 18.8. The smallest absolute Gasteiger partial charge is 0.269 e. The van der Waals surface area contributed by atoms with Crippen molar-refractivity contribution in [3.8, 4) is 0 Å². The number of piperidine rings is 1. The quantitative estimate of drug-likeness (QED) is 0.697. The third-order valence-electron chi connectivity index (χ3n) is 5.60. The molecule has 1 saturated heterocycles. The molecule has 1 aliphatic rings. The Labute approximate surface area is 186 Å². The number of nitrogens with zero attached hydrogens (tertiary/aromatic N) is 4. The zero-order chi connectivity index (χ0) is 22.4. The first kappa shape index (κ1) is 22.7. The van der Waals surface area contributed by atoms with E-state index >= 15 is 0 Å². The molecule has 1 aliphatic heterocycles. The van der Waals surface area contributed by atoms with Crippen LogP contribution in [0.3, 0.4) is 0 Å². The van der Waals surface area contributed by atoms with Crippen molar-refractivity contribution in [3.63, 3.8) is 0 Å². The Hall–Kier alpha value is -3.03. The van der Waals surface area contributed by atoms with Gasteiger partial charge < -0.3 is 15.5 Å². The molecule has 0 unspecified atom stereocenters. The number of carbonyl (C=O) groups excluding carboxylic acids is 2. The predicted octanol–water partition coefficient (Wildman–Crippen LogP) is 3.73. The molecule has 0 bridgehead atoms. The first-order chi connectivity index (χ1) is 14.8. The van der Waals surface area contributed by atoms with E-state index in [0.29, 0.717) is 29.9 Å². The molecule has 0 spiro atoms. The molecular weight excluding hydrogens is 392 g/mol. The second-order valence-electron chi connectivity index (χ2n) is 8.69. The van der Waals surface area contributed by atoms with Crippen LogP contribution in [-0.2, 0) is 4.79 Å². The molecule has 2 amide bonds. The molecule has 2 aromatic heterocycles. The number of hydrogen-bond acceptors (Lipinski definition) is 6. The van der Waals surface area contributed by atoms with Gasteiger partial charge >= 0.3 is 0 Å². The van der Waals surface area contributed by atoms with Gasteiger partial charge in [-0.1, -0.05) is 33.8 Å². The number of carbonyl (C=O) groups is 2. The van der Waals surface area contributed by atoms with Crippen molar-refractivity contribution in [3.05, 3.63) is 41.7 Å². The molecule has 1 fully saturated rings. The summed E-state index contributed by atoms with van der Waals surface area (Å²) in [6.07, 6.45) is 3.71. The van der Waals surface area contributed by atoms with Crippen LogP contribution in [0.1, 0.15) is 65.4 Å². The molecule has 170 valence electrons. The van der Waals surface area contributed by atoms with Gasteiger partial charge in [0.05, 0.1) is 0 Å². The van der Waals surface area contributed by atoms with E-state index in [2.05, 4.69) is 44.6 Å². The highest BCUT2D eigenvalue weighted by atomic mass is 16.2. The Morgan fingerprint density at radius 1 is 1.10 bits per heavy atom. The highest BCUT2D eigenvalue weighted by Crippen LogP contribution is 2.22. The predicted molar refractivity (Wildman–Crippen MR) is 125 cm³/mol. The average Bonchev–Trinajstić information content (AvgIpc) is 2.78. The van der Waals surface area contributed by atoms with Crippen LogP contribution >= 0.6 is 0 Å². The van der Waals surface area contributed by atoms with E-state index in [0.717, 1.165) is 37.3 Å². The minimum atomic E-state index is -0.123. The molecule has 8 heteroatoms. The Kier molecular flexibility index (Phi) is 7.55. The third-order valence-corrected chi connectivity index (χ3v) is 5.60. The van der Waals surface area contributed by atoms with Crippen molar-refractivity contribution < 1.29 is 12.4 Å². The standard InChI is InChI=1S/C23H32N6O2.2H2/c1-15(2)18-5-6-19(24-14-18)23(31)25-13-17-9-11-29(12-10-17)21-8-7-20(27-28-21)26-22(30)16(3)4;;/h5-8,14-17H,9-13H2,1-4H3,(H,25,31)(H,26,27,30);2*1H. The Morgan fingerprint density at radius 2 is 1.84 bits per heavy atom. The highest BCUT2D eigenvalue weighted by Gasteiger charge is 2.21. The summed E-state index contributed by atoms with van der Waals surface area (Å²) in [5.74, 6) is 1.80. The minimum absolute atomic E-state index is 0. The molecule has 2 aromatic rings. The minimum Gasteiger partial charge on any atom is -0.355 e. The number of anilines is 2. The van der Waals surface area contributed by atoms with Gasteiger partial charge in [0.25, 0.3) is 5.91 Å². The first-order valence-electron chi connectivity index (χ1n) is 11.0. The molecule has 0 aliphatic carbocycles. The van der Waals surface area contributed by atoms with Gasteiger partial charge in [0.1, 0.15) is 5.69 Å². The second kappa shape index (κ2) is 10.3. The van der Waals surface area contributed by atoms with Crippen LogP contribution in [0.15, 0.2) is 30.5 Å². The number of amides is 2. The van der Waals surface area contributed by atoms with E-state index < -0.39 is 0 Å². The summed E-state index contributed by atoms with van der Waals surface area (Å²) in [6.45, 7) is 10.2. The van der Waals surface area contributed by atoms with E-state index in [9.17, 15) is 9.59 Å². The molecule has 2 N–H and O–H groups in total. The average molecular weight is 429 g/mol. The number of rotatable bonds is 7. The summed E-state index contributed by atoms with van der Waals surface area (Å²) in [5.41, 5.74) is 1.59. The van der Waals surface area contributed by atoms with Gasteiger partial charge in [-0.15, -0.1) is 10.2 Å². The lowest BCUT2D eigenvalue weighted by Gasteiger charge is -2.32. The van der Waals surface area contributed by atoms with E-state index in [-0.39, 0.29) is 20.6 Å². The summed E-state index contributed by atoms with van der Waals surface area (Å²) in [5, 5.41) is 14.1. The van der Waals surface area contributed by atoms with E-state index in [1.807, 2.05) is 26.0 Å². The van der Waals surface area contributed by atoms with Gasteiger partial charge in [0, 0.05) is 34.6 Å². The molecule has 0 aromatic carbocycles. The van der Waals surface area contributed by atoms with E-state index in [4.69, 9.17) is 0 Å². The summed E-state index contributed by atoms with van der Waals surface area (Å²) in [4.78, 5) is 30.6. The van der Waals surface area contributed by atoms with Crippen molar-refractivity contribution in [2.45, 2.75) is 46.5 Å². The van der Waals surface area contributed by atoms with Crippen molar-refractivity contribution in [1.29, 1.82) is 0 Å².